The van der Waals surface area contributed by atoms with Crippen LogP contribution in [0, 0.1) is 25.7 Å². The Morgan fingerprint density at radius 2 is 2.00 bits per heavy atom. The van der Waals surface area contributed by atoms with E-state index >= 15 is 0 Å². The Bertz CT molecular complexity index is 991. The molecule has 0 N–H and O–H groups in total. The lowest BCUT2D eigenvalue weighted by Gasteiger charge is -2.23. The van der Waals surface area contributed by atoms with Gasteiger partial charge in [-0.1, -0.05) is 5.21 Å². The Hall–Kier alpha value is -2.77. The highest BCUT2D eigenvalue weighted by molar-refractivity contribution is 5.99. The molecule has 29 heavy (non-hydrogen) atoms. The lowest BCUT2D eigenvalue weighted by Crippen LogP contribution is -2.30. The predicted molar refractivity (Wildman–Crippen MR) is 107 cm³/mol. The van der Waals surface area contributed by atoms with E-state index in [0.717, 1.165) is 35.5 Å². The van der Waals surface area contributed by atoms with Crippen LogP contribution in [0.4, 0.5) is 5.82 Å². The van der Waals surface area contributed by atoms with Gasteiger partial charge in [0.25, 0.3) is 0 Å². The van der Waals surface area contributed by atoms with Gasteiger partial charge in [-0.2, -0.15) is 0 Å². The van der Waals surface area contributed by atoms with E-state index < -0.39 is 11.6 Å². The summed E-state index contributed by atoms with van der Waals surface area (Å²) in [4.78, 5) is 31.1. The molecule has 2 fully saturated rings. The molecule has 1 aliphatic carbocycles. The van der Waals surface area contributed by atoms with Crippen LogP contribution in [-0.4, -0.2) is 44.0 Å². The summed E-state index contributed by atoms with van der Waals surface area (Å²) in [7, 11) is 0. The van der Waals surface area contributed by atoms with Crippen LogP contribution in [0.2, 0.25) is 0 Å². The van der Waals surface area contributed by atoms with Gasteiger partial charge in [0.2, 0.25) is 5.91 Å². The fourth-order valence-corrected chi connectivity index (χ4v) is 3.90. The minimum Gasteiger partial charge on any atom is -0.455 e. The number of ether oxygens (including phenoxy) is 1. The van der Waals surface area contributed by atoms with Crippen molar-refractivity contribution in [2.24, 2.45) is 11.8 Å². The number of piperidine rings is 1. The zero-order valence-electron chi connectivity index (χ0n) is 17.8. The third kappa shape index (κ3) is 3.52. The van der Waals surface area contributed by atoms with Crippen molar-refractivity contribution in [2.45, 2.75) is 59.6 Å². The molecule has 0 bridgehead atoms. The van der Waals surface area contributed by atoms with Crippen LogP contribution in [0.1, 0.15) is 67.3 Å². The molecule has 0 aromatic carbocycles. The van der Waals surface area contributed by atoms with Crippen molar-refractivity contribution in [3.05, 3.63) is 34.8 Å². The third-order valence-electron chi connectivity index (χ3n) is 5.80. The van der Waals surface area contributed by atoms with Gasteiger partial charge >= 0.3 is 5.97 Å². The molecule has 8 nitrogen and oxygen atoms in total. The first kappa shape index (κ1) is 19.5. The van der Waals surface area contributed by atoms with Gasteiger partial charge in [-0.3, -0.25) is 9.69 Å². The van der Waals surface area contributed by atoms with E-state index in [4.69, 9.17) is 4.74 Å². The second-order valence-electron chi connectivity index (χ2n) is 9.10. The number of hydrogen-bond acceptors (Lipinski definition) is 6. The summed E-state index contributed by atoms with van der Waals surface area (Å²) in [6, 6.07) is -0.165. The Labute approximate surface area is 170 Å². The lowest BCUT2D eigenvalue weighted by atomic mass is 10.0. The van der Waals surface area contributed by atoms with Crippen molar-refractivity contribution in [1.82, 2.24) is 20.0 Å². The average molecular weight is 397 g/mol. The predicted octanol–water partition coefficient (Wildman–Crippen LogP) is 2.84. The Kier molecular flexibility index (Phi) is 4.47. The van der Waals surface area contributed by atoms with Crippen LogP contribution in [0.3, 0.4) is 0 Å². The van der Waals surface area contributed by atoms with Crippen molar-refractivity contribution in [3.63, 3.8) is 0 Å². The molecule has 154 valence electrons. The topological polar surface area (TPSA) is 90.2 Å². The zero-order valence-corrected chi connectivity index (χ0v) is 17.8. The van der Waals surface area contributed by atoms with E-state index in [0.29, 0.717) is 5.92 Å². The van der Waals surface area contributed by atoms with E-state index in [2.05, 4.69) is 15.3 Å². The third-order valence-corrected chi connectivity index (χ3v) is 5.80. The second kappa shape index (κ2) is 6.64. The van der Waals surface area contributed by atoms with Gasteiger partial charge in [0.05, 0.1) is 12.2 Å². The number of carbonyl (C=O) groups is 2. The summed E-state index contributed by atoms with van der Waals surface area (Å²) in [6.07, 6.45) is 4.42. The first-order chi connectivity index (χ1) is 13.6. The number of aromatic nitrogens is 4. The van der Waals surface area contributed by atoms with Gasteiger partial charge in [0.15, 0.2) is 5.69 Å². The molecule has 4 rings (SSSR count). The number of pyridine rings is 1. The number of fused-ring (bicyclic) bond motifs is 1. The lowest BCUT2D eigenvalue weighted by molar-refractivity contribution is -0.118. The SMILES string of the molecule is Cc1c([C@@H](C)n2cc(C(=O)OC(C)(C)C)nn2)cnc(N2C[C@H]3C[C@H]3C2=O)c1C. The van der Waals surface area contributed by atoms with Gasteiger partial charge in [-0.15, -0.1) is 5.10 Å². The summed E-state index contributed by atoms with van der Waals surface area (Å²) < 4.78 is 6.99. The van der Waals surface area contributed by atoms with Crippen LogP contribution < -0.4 is 4.90 Å². The number of anilines is 1. The molecule has 2 aliphatic rings. The average Bonchev–Trinajstić information content (AvgIpc) is 3.09. The van der Waals surface area contributed by atoms with Crippen LogP contribution in [0.25, 0.3) is 0 Å². The quantitative estimate of drug-likeness (QED) is 0.737. The maximum atomic E-state index is 12.4. The van der Waals surface area contributed by atoms with E-state index in [1.807, 2.05) is 46.4 Å². The molecule has 8 heteroatoms. The van der Waals surface area contributed by atoms with E-state index in [9.17, 15) is 9.59 Å². The minimum absolute atomic E-state index is 0.165. The smallest absolute Gasteiger partial charge is 0.361 e. The van der Waals surface area contributed by atoms with Gasteiger partial charge in [0, 0.05) is 18.7 Å². The van der Waals surface area contributed by atoms with Crippen LogP contribution in [0.5, 0.6) is 0 Å². The maximum Gasteiger partial charge on any atom is 0.361 e. The Morgan fingerprint density at radius 1 is 1.28 bits per heavy atom. The van der Waals surface area contributed by atoms with E-state index in [1.54, 1.807) is 17.1 Å². The summed E-state index contributed by atoms with van der Waals surface area (Å²) in [6.45, 7) is 12.2. The van der Waals surface area contributed by atoms with Crippen molar-refractivity contribution in [3.8, 4) is 0 Å². The molecule has 0 spiro atoms. The summed E-state index contributed by atoms with van der Waals surface area (Å²) in [5.74, 6) is 1.16. The molecule has 0 unspecified atom stereocenters. The van der Waals surface area contributed by atoms with Gasteiger partial charge in [-0.05, 0) is 70.6 Å². The van der Waals surface area contributed by atoms with Crippen molar-refractivity contribution >= 4 is 17.7 Å². The number of esters is 1. The molecule has 1 aliphatic heterocycles. The van der Waals surface area contributed by atoms with Crippen LogP contribution in [-0.2, 0) is 9.53 Å². The van der Waals surface area contributed by atoms with Gasteiger partial charge < -0.3 is 4.74 Å². The number of carbonyl (C=O) groups excluding carboxylic acids is 2. The molecular formula is C21H27N5O3. The molecule has 1 saturated carbocycles. The highest BCUT2D eigenvalue weighted by Crippen LogP contribution is 2.47. The maximum absolute atomic E-state index is 12.4. The van der Waals surface area contributed by atoms with E-state index in [1.165, 1.54) is 0 Å². The molecule has 2 aromatic rings. The highest BCUT2D eigenvalue weighted by Gasteiger charge is 2.53. The highest BCUT2D eigenvalue weighted by atomic mass is 16.6. The Balaban J connectivity index is 1.56. The van der Waals surface area contributed by atoms with Gasteiger partial charge in [-0.25, -0.2) is 14.5 Å². The largest absolute Gasteiger partial charge is 0.455 e. The fraction of sp³-hybridized carbons (Fsp3) is 0.571. The minimum atomic E-state index is -0.590. The van der Waals surface area contributed by atoms with E-state index in [-0.39, 0.29) is 23.6 Å². The standard InChI is InChI=1S/C21H27N5O3/c1-11-12(2)18(25-9-14-7-15(14)19(25)27)22-8-16(11)13(3)26-10-17(23-24-26)20(28)29-21(4,5)6/h8,10,13-15H,7,9H2,1-6H3/t13-,14-,15-/m1/s1. The normalized spacial score (nSPS) is 21.9. The number of nitrogens with zero attached hydrogens (tertiary/aromatic N) is 5. The molecule has 3 heterocycles. The van der Waals surface area contributed by atoms with Crippen molar-refractivity contribution in [1.29, 1.82) is 0 Å². The second-order valence-corrected chi connectivity index (χ2v) is 9.10. The summed E-state index contributed by atoms with van der Waals surface area (Å²) >= 11 is 0. The monoisotopic (exact) mass is 397 g/mol. The van der Waals surface area contributed by atoms with Crippen LogP contribution >= 0.6 is 0 Å². The number of amides is 1. The van der Waals surface area contributed by atoms with Gasteiger partial charge in [0.1, 0.15) is 11.4 Å². The number of hydrogen-bond donors (Lipinski definition) is 0. The molecule has 0 radical (unpaired) electrons. The first-order valence-corrected chi connectivity index (χ1v) is 9.99. The molecule has 2 aromatic heterocycles. The zero-order chi connectivity index (χ0) is 21.1. The van der Waals surface area contributed by atoms with Crippen molar-refractivity contribution in [2.75, 3.05) is 11.4 Å². The number of rotatable bonds is 4. The summed E-state index contributed by atoms with van der Waals surface area (Å²) in [5, 5.41) is 8.08. The molecular weight excluding hydrogens is 370 g/mol. The summed E-state index contributed by atoms with van der Waals surface area (Å²) in [5.41, 5.74) is 2.62. The van der Waals surface area contributed by atoms with Crippen LogP contribution in [0.15, 0.2) is 12.4 Å². The fourth-order valence-electron chi connectivity index (χ4n) is 3.90. The molecule has 1 amide bonds. The first-order valence-electron chi connectivity index (χ1n) is 9.99. The van der Waals surface area contributed by atoms with Crippen molar-refractivity contribution < 1.29 is 14.3 Å². The Morgan fingerprint density at radius 3 is 2.62 bits per heavy atom. The molecule has 3 atom stereocenters. The molecule has 1 saturated heterocycles.